The van der Waals surface area contributed by atoms with Crippen molar-refractivity contribution >= 4 is 0 Å². The van der Waals surface area contributed by atoms with Crippen molar-refractivity contribution in [1.29, 1.82) is 0 Å². The number of hydrogen-bond acceptors (Lipinski definition) is 0. The van der Waals surface area contributed by atoms with E-state index in [0.29, 0.717) is 0 Å². The summed E-state index contributed by atoms with van der Waals surface area (Å²) in [5.74, 6) is -37.3. The van der Waals surface area contributed by atoms with E-state index in [0.717, 1.165) is 0 Å². The van der Waals surface area contributed by atoms with Crippen molar-refractivity contribution in [1.82, 2.24) is 0 Å². The number of rotatable bonds is 1. The molecule has 0 aliphatic heterocycles. The van der Waals surface area contributed by atoms with Gasteiger partial charge in [-0.3, -0.25) is 0 Å². The maximum atomic E-state index is 13.8. The van der Waals surface area contributed by atoms with Crippen LogP contribution in [0.2, 0.25) is 0 Å². The summed E-state index contributed by atoms with van der Waals surface area (Å²) in [5.41, 5.74) is -5.85. The highest BCUT2D eigenvalue weighted by atomic mass is 19.4. The van der Waals surface area contributed by atoms with Crippen LogP contribution in [0.5, 0.6) is 0 Å². The van der Waals surface area contributed by atoms with Crippen LogP contribution in [-0.4, -0.2) is 35.3 Å². The van der Waals surface area contributed by atoms with Crippen LogP contribution in [0.25, 0.3) is 0 Å². The third-order valence-corrected chi connectivity index (χ3v) is 3.29. The second-order valence-corrected chi connectivity index (χ2v) is 4.74. The molecule has 11 heteroatoms. The minimum Gasteiger partial charge on any atom is -0.230 e. The average Bonchev–Trinajstić information content (AvgIpc) is 2.24. The van der Waals surface area contributed by atoms with Crippen LogP contribution in [0.4, 0.5) is 48.3 Å². The SMILES string of the molecule is CC(C)C1(F)C(F)(F)C(F)(F)C(F)(F)C(F)(F)C1(F)F. The highest BCUT2D eigenvalue weighted by Crippen LogP contribution is 2.70. The molecular weight excluding hydrogens is 317 g/mol. The first-order valence-corrected chi connectivity index (χ1v) is 5.02. The molecular formula is C9H7F11. The number of halogens is 11. The van der Waals surface area contributed by atoms with Crippen molar-refractivity contribution < 1.29 is 48.3 Å². The van der Waals surface area contributed by atoms with E-state index in [-0.39, 0.29) is 13.8 Å². The van der Waals surface area contributed by atoms with Crippen LogP contribution < -0.4 is 0 Å². The van der Waals surface area contributed by atoms with Crippen LogP contribution in [0, 0.1) is 5.92 Å². The van der Waals surface area contributed by atoms with Gasteiger partial charge in [-0.2, -0.15) is 43.9 Å². The Kier molecular flexibility index (Phi) is 3.20. The third-order valence-electron chi connectivity index (χ3n) is 3.29. The quantitative estimate of drug-likeness (QED) is 0.621. The van der Waals surface area contributed by atoms with Crippen LogP contribution in [-0.2, 0) is 0 Å². The molecule has 1 rings (SSSR count). The van der Waals surface area contributed by atoms with Crippen molar-refractivity contribution in [3.8, 4) is 0 Å². The summed E-state index contributed by atoms with van der Waals surface area (Å²) < 4.78 is 144. The Morgan fingerprint density at radius 2 is 0.650 bits per heavy atom. The predicted molar refractivity (Wildman–Crippen MR) is 43.4 cm³/mol. The first-order valence-electron chi connectivity index (χ1n) is 5.02. The molecule has 0 N–H and O–H groups in total. The lowest BCUT2D eigenvalue weighted by Gasteiger charge is -2.53. The summed E-state index contributed by atoms with van der Waals surface area (Å²) in [6.45, 7) is 0.356. The average molecular weight is 324 g/mol. The Balaban J connectivity index is 3.83. The van der Waals surface area contributed by atoms with E-state index in [1.54, 1.807) is 0 Å². The summed E-state index contributed by atoms with van der Waals surface area (Å²) in [6, 6.07) is 0. The summed E-state index contributed by atoms with van der Waals surface area (Å²) in [4.78, 5) is 0. The van der Waals surface area contributed by atoms with Crippen molar-refractivity contribution in [3.05, 3.63) is 0 Å². The van der Waals surface area contributed by atoms with Crippen LogP contribution in [0.3, 0.4) is 0 Å². The van der Waals surface area contributed by atoms with Crippen LogP contribution in [0.1, 0.15) is 13.8 Å². The molecule has 0 bridgehead atoms. The van der Waals surface area contributed by atoms with E-state index in [1.165, 1.54) is 0 Å². The molecule has 0 nitrogen and oxygen atoms in total. The van der Waals surface area contributed by atoms with Gasteiger partial charge in [-0.1, -0.05) is 13.8 Å². The molecule has 20 heavy (non-hydrogen) atoms. The molecule has 0 radical (unpaired) electrons. The van der Waals surface area contributed by atoms with E-state index in [2.05, 4.69) is 0 Å². The summed E-state index contributed by atoms with van der Waals surface area (Å²) in [6.07, 6.45) is 0. The Bertz CT molecular complexity index is 378. The van der Waals surface area contributed by atoms with E-state index >= 15 is 0 Å². The molecule has 0 aromatic carbocycles. The molecule has 0 heterocycles. The normalized spacial score (nSPS) is 32.1. The molecule has 0 spiro atoms. The Morgan fingerprint density at radius 1 is 0.450 bits per heavy atom. The molecule has 0 aromatic rings. The zero-order chi connectivity index (χ0) is 16.6. The van der Waals surface area contributed by atoms with E-state index in [9.17, 15) is 48.3 Å². The maximum absolute atomic E-state index is 13.8. The lowest BCUT2D eigenvalue weighted by molar-refractivity contribution is -0.490. The Labute approximate surface area is 104 Å². The van der Waals surface area contributed by atoms with Gasteiger partial charge >= 0.3 is 29.6 Å². The number of hydrogen-bond donors (Lipinski definition) is 0. The largest absolute Gasteiger partial charge is 0.384 e. The molecule has 1 aliphatic rings. The first-order chi connectivity index (χ1) is 8.44. The first kappa shape index (κ1) is 17.3. The summed E-state index contributed by atoms with van der Waals surface area (Å²) in [5, 5.41) is 0. The molecule has 0 aromatic heterocycles. The van der Waals surface area contributed by atoms with Crippen molar-refractivity contribution in [2.75, 3.05) is 0 Å². The van der Waals surface area contributed by atoms with Crippen LogP contribution in [0.15, 0.2) is 0 Å². The second kappa shape index (κ2) is 3.70. The van der Waals surface area contributed by atoms with E-state index in [1.807, 2.05) is 0 Å². The third kappa shape index (κ3) is 1.29. The molecule has 0 saturated heterocycles. The van der Waals surface area contributed by atoms with E-state index in [4.69, 9.17) is 0 Å². The van der Waals surface area contributed by atoms with Crippen molar-refractivity contribution in [2.45, 2.75) is 49.1 Å². The van der Waals surface area contributed by atoms with Gasteiger partial charge in [0.2, 0.25) is 0 Å². The van der Waals surface area contributed by atoms with Crippen LogP contribution >= 0.6 is 0 Å². The Morgan fingerprint density at radius 3 is 0.850 bits per heavy atom. The lowest BCUT2D eigenvalue weighted by atomic mass is 9.67. The summed E-state index contributed by atoms with van der Waals surface area (Å²) in [7, 11) is 0. The summed E-state index contributed by atoms with van der Waals surface area (Å²) >= 11 is 0. The molecule has 120 valence electrons. The highest BCUT2D eigenvalue weighted by molar-refractivity contribution is 5.27. The van der Waals surface area contributed by atoms with Gasteiger partial charge in [0.1, 0.15) is 0 Å². The minimum atomic E-state index is -7.13. The van der Waals surface area contributed by atoms with Gasteiger partial charge in [-0.05, 0) is 5.92 Å². The van der Waals surface area contributed by atoms with Crippen molar-refractivity contribution in [3.63, 3.8) is 0 Å². The predicted octanol–water partition coefficient (Wildman–Crippen LogP) is 4.54. The molecule has 0 amide bonds. The van der Waals surface area contributed by atoms with Gasteiger partial charge in [0.25, 0.3) is 5.67 Å². The monoisotopic (exact) mass is 324 g/mol. The molecule has 1 saturated carbocycles. The lowest BCUT2D eigenvalue weighted by Crippen LogP contribution is -2.84. The van der Waals surface area contributed by atoms with Crippen molar-refractivity contribution in [2.24, 2.45) is 5.92 Å². The van der Waals surface area contributed by atoms with Gasteiger partial charge in [0, 0.05) is 0 Å². The fraction of sp³-hybridized carbons (Fsp3) is 1.00. The molecule has 1 aliphatic carbocycles. The molecule has 0 unspecified atom stereocenters. The van der Waals surface area contributed by atoms with E-state index < -0.39 is 41.2 Å². The standard InChI is InChI=1S/C9H7F11/c1-3(2)4(10)5(11,12)7(15,16)9(19,20)8(17,18)6(4,13)14/h3H,1-2H3. The second-order valence-electron chi connectivity index (χ2n) is 4.74. The maximum Gasteiger partial charge on any atom is 0.384 e. The Hall–Kier alpha value is -0.770. The van der Waals surface area contributed by atoms with Gasteiger partial charge < -0.3 is 0 Å². The molecule has 1 fully saturated rings. The fourth-order valence-corrected chi connectivity index (χ4v) is 1.97. The van der Waals surface area contributed by atoms with Gasteiger partial charge in [-0.25, -0.2) is 4.39 Å². The smallest absolute Gasteiger partial charge is 0.230 e. The minimum absolute atomic E-state index is 0.178. The topological polar surface area (TPSA) is 0 Å². The molecule has 0 atom stereocenters. The highest BCUT2D eigenvalue weighted by Gasteiger charge is 3.01. The number of alkyl halides is 11. The zero-order valence-corrected chi connectivity index (χ0v) is 9.73. The van der Waals surface area contributed by atoms with Gasteiger partial charge in [0.15, 0.2) is 0 Å². The zero-order valence-electron chi connectivity index (χ0n) is 9.73. The van der Waals surface area contributed by atoms with Gasteiger partial charge in [-0.15, -0.1) is 0 Å². The van der Waals surface area contributed by atoms with Gasteiger partial charge in [0.05, 0.1) is 0 Å². The fourth-order valence-electron chi connectivity index (χ4n) is 1.97.